The Labute approximate surface area is 176 Å². The standard InChI is InChI=1S/C21H22F3N5O2/c1-12-10-26-17(11-25-12)20(30)28-16(8-13-2-3-13)19-27-15-9-14(22)4-5-18(15)29(19)6-7-31-21(23)24/h4-5,9-11,13,16,21H,2-3,6-8H2,1H3,(H,28,30)/t16-/m0/s1. The zero-order valence-electron chi connectivity index (χ0n) is 16.9. The second-order valence-corrected chi connectivity index (χ2v) is 7.63. The van der Waals surface area contributed by atoms with E-state index in [-0.39, 0.29) is 18.8 Å². The zero-order valence-corrected chi connectivity index (χ0v) is 16.9. The number of carbonyl (C=O) groups is 1. The molecule has 1 N–H and O–H groups in total. The summed E-state index contributed by atoms with van der Waals surface area (Å²) in [5, 5.41) is 2.95. The van der Waals surface area contributed by atoms with Crippen LogP contribution in [-0.2, 0) is 11.3 Å². The fourth-order valence-corrected chi connectivity index (χ4v) is 3.51. The summed E-state index contributed by atoms with van der Waals surface area (Å²) >= 11 is 0. The van der Waals surface area contributed by atoms with Crippen molar-refractivity contribution in [1.82, 2.24) is 24.8 Å². The van der Waals surface area contributed by atoms with Gasteiger partial charge in [0.05, 0.1) is 35.6 Å². The van der Waals surface area contributed by atoms with Gasteiger partial charge in [-0.15, -0.1) is 0 Å². The smallest absolute Gasteiger partial charge is 0.341 e. The maximum absolute atomic E-state index is 13.8. The van der Waals surface area contributed by atoms with Crippen molar-refractivity contribution >= 4 is 16.9 Å². The van der Waals surface area contributed by atoms with Gasteiger partial charge in [-0.3, -0.25) is 9.78 Å². The predicted octanol–water partition coefficient (Wildman–Crippen LogP) is 3.78. The molecule has 1 aliphatic rings. The average molecular weight is 433 g/mol. The normalized spacial score (nSPS) is 14.9. The molecule has 3 aromatic rings. The molecule has 10 heteroatoms. The third kappa shape index (κ3) is 5.19. The minimum Gasteiger partial charge on any atom is -0.341 e. The second kappa shape index (κ2) is 9.01. The van der Waals surface area contributed by atoms with Crippen molar-refractivity contribution in [2.75, 3.05) is 6.61 Å². The molecule has 0 saturated heterocycles. The molecule has 164 valence electrons. The molecule has 0 spiro atoms. The number of hydrogen-bond acceptors (Lipinski definition) is 5. The summed E-state index contributed by atoms with van der Waals surface area (Å²) in [6.07, 6.45) is 5.62. The van der Waals surface area contributed by atoms with Crippen LogP contribution in [0.1, 0.15) is 47.3 Å². The van der Waals surface area contributed by atoms with Crippen LogP contribution in [0.3, 0.4) is 0 Å². The van der Waals surface area contributed by atoms with Crippen LogP contribution >= 0.6 is 0 Å². The fourth-order valence-electron chi connectivity index (χ4n) is 3.51. The van der Waals surface area contributed by atoms with Crippen molar-refractivity contribution in [1.29, 1.82) is 0 Å². The monoisotopic (exact) mass is 433 g/mol. The molecule has 0 aliphatic heterocycles. The molecule has 1 atom stereocenters. The van der Waals surface area contributed by atoms with Crippen LogP contribution in [-0.4, -0.2) is 38.6 Å². The van der Waals surface area contributed by atoms with E-state index in [4.69, 9.17) is 0 Å². The predicted molar refractivity (Wildman–Crippen MR) is 106 cm³/mol. The van der Waals surface area contributed by atoms with E-state index < -0.39 is 24.4 Å². The third-order valence-electron chi connectivity index (χ3n) is 5.20. The number of ether oxygens (including phenoxy) is 1. The van der Waals surface area contributed by atoms with E-state index in [1.807, 2.05) is 0 Å². The lowest BCUT2D eigenvalue weighted by Crippen LogP contribution is -2.32. The molecular weight excluding hydrogens is 411 g/mol. The first-order valence-electron chi connectivity index (χ1n) is 10.1. The number of alkyl halides is 2. The molecule has 1 aliphatic carbocycles. The van der Waals surface area contributed by atoms with Crippen LogP contribution in [0.2, 0.25) is 0 Å². The lowest BCUT2D eigenvalue weighted by molar-refractivity contribution is -0.130. The summed E-state index contributed by atoms with van der Waals surface area (Å²) < 4.78 is 44.9. The minimum absolute atomic E-state index is 0.0865. The number of fused-ring (bicyclic) bond motifs is 1. The number of carbonyl (C=O) groups excluding carboxylic acids is 1. The van der Waals surface area contributed by atoms with Gasteiger partial charge in [-0.25, -0.2) is 14.4 Å². The molecule has 31 heavy (non-hydrogen) atoms. The number of rotatable bonds is 9. The number of aromatic nitrogens is 4. The Balaban J connectivity index is 1.66. The van der Waals surface area contributed by atoms with Gasteiger partial charge in [0.1, 0.15) is 17.3 Å². The van der Waals surface area contributed by atoms with Gasteiger partial charge in [-0.05, 0) is 31.4 Å². The first kappa shape index (κ1) is 21.2. The number of benzene rings is 1. The minimum atomic E-state index is -2.89. The molecule has 0 radical (unpaired) electrons. The molecule has 7 nitrogen and oxygen atoms in total. The maximum Gasteiger partial charge on any atom is 0.345 e. The van der Waals surface area contributed by atoms with Crippen molar-refractivity contribution in [2.45, 2.75) is 45.4 Å². The summed E-state index contributed by atoms with van der Waals surface area (Å²) in [5.41, 5.74) is 1.83. The zero-order chi connectivity index (χ0) is 22.0. The summed E-state index contributed by atoms with van der Waals surface area (Å²) in [7, 11) is 0. The number of aryl methyl sites for hydroxylation is 1. The first-order chi connectivity index (χ1) is 14.9. The highest BCUT2D eigenvalue weighted by molar-refractivity contribution is 5.92. The highest BCUT2D eigenvalue weighted by atomic mass is 19.3. The van der Waals surface area contributed by atoms with Crippen molar-refractivity contribution in [3.63, 3.8) is 0 Å². The molecule has 1 fully saturated rings. The first-order valence-corrected chi connectivity index (χ1v) is 10.1. The quantitative estimate of drug-likeness (QED) is 0.555. The van der Waals surface area contributed by atoms with Gasteiger partial charge in [-0.1, -0.05) is 12.8 Å². The SMILES string of the molecule is Cc1cnc(C(=O)N[C@@H](CC2CC2)c2nc3cc(F)ccc3n2CCOC(F)F)cn1. The van der Waals surface area contributed by atoms with Gasteiger partial charge in [-0.2, -0.15) is 8.78 Å². The number of nitrogens with zero attached hydrogens (tertiary/aromatic N) is 4. The van der Waals surface area contributed by atoms with E-state index in [1.54, 1.807) is 17.6 Å². The van der Waals surface area contributed by atoms with Crippen molar-refractivity contribution in [2.24, 2.45) is 5.92 Å². The van der Waals surface area contributed by atoms with Gasteiger partial charge in [0.15, 0.2) is 0 Å². The summed E-state index contributed by atoms with van der Waals surface area (Å²) in [5.74, 6) is 0.0347. The number of imidazole rings is 1. The Morgan fingerprint density at radius 1 is 1.29 bits per heavy atom. The average Bonchev–Trinajstić information content (AvgIpc) is 3.47. The van der Waals surface area contributed by atoms with Gasteiger partial charge in [0.25, 0.3) is 5.91 Å². The molecular formula is C21H22F3N5O2. The topological polar surface area (TPSA) is 81.9 Å². The lowest BCUT2D eigenvalue weighted by Gasteiger charge is -2.20. The van der Waals surface area contributed by atoms with Crippen molar-refractivity contribution in [3.05, 3.63) is 53.6 Å². The van der Waals surface area contributed by atoms with Gasteiger partial charge in [0, 0.05) is 18.8 Å². The van der Waals surface area contributed by atoms with E-state index in [0.29, 0.717) is 34.9 Å². The fraction of sp³-hybridized carbons (Fsp3) is 0.429. The number of halogens is 3. The van der Waals surface area contributed by atoms with E-state index in [2.05, 4.69) is 25.0 Å². The summed E-state index contributed by atoms with van der Waals surface area (Å²) in [6.45, 7) is -1.28. The molecule has 0 bridgehead atoms. The Morgan fingerprint density at radius 2 is 2.10 bits per heavy atom. The van der Waals surface area contributed by atoms with Gasteiger partial charge >= 0.3 is 6.61 Å². The molecule has 2 aromatic heterocycles. The Hall–Kier alpha value is -3.01. The van der Waals surface area contributed by atoms with Crippen LogP contribution in [0.25, 0.3) is 11.0 Å². The van der Waals surface area contributed by atoms with Crippen molar-refractivity contribution in [3.8, 4) is 0 Å². The Kier molecular flexibility index (Phi) is 6.17. The highest BCUT2D eigenvalue weighted by Crippen LogP contribution is 2.38. The lowest BCUT2D eigenvalue weighted by atomic mass is 10.1. The van der Waals surface area contributed by atoms with Crippen molar-refractivity contribution < 1.29 is 22.7 Å². The van der Waals surface area contributed by atoms with Crippen LogP contribution in [0.15, 0.2) is 30.6 Å². The van der Waals surface area contributed by atoms with Crippen LogP contribution in [0.5, 0.6) is 0 Å². The van der Waals surface area contributed by atoms with Crippen LogP contribution < -0.4 is 5.32 Å². The number of amides is 1. The van der Waals surface area contributed by atoms with Crippen LogP contribution in [0.4, 0.5) is 13.2 Å². The third-order valence-corrected chi connectivity index (χ3v) is 5.20. The van der Waals surface area contributed by atoms with E-state index in [9.17, 15) is 18.0 Å². The van der Waals surface area contributed by atoms with Crippen LogP contribution in [0, 0.1) is 18.7 Å². The van der Waals surface area contributed by atoms with E-state index in [1.165, 1.54) is 24.5 Å². The highest BCUT2D eigenvalue weighted by Gasteiger charge is 2.31. The molecule has 4 rings (SSSR count). The molecule has 1 saturated carbocycles. The molecule has 0 unspecified atom stereocenters. The summed E-state index contributed by atoms with van der Waals surface area (Å²) in [4.78, 5) is 25.5. The molecule has 1 amide bonds. The summed E-state index contributed by atoms with van der Waals surface area (Å²) in [6, 6.07) is 3.62. The van der Waals surface area contributed by atoms with E-state index in [0.717, 1.165) is 12.8 Å². The van der Waals surface area contributed by atoms with E-state index >= 15 is 0 Å². The Bertz CT molecular complexity index is 1070. The number of hydrogen-bond donors (Lipinski definition) is 1. The van der Waals surface area contributed by atoms with Gasteiger partial charge < -0.3 is 14.6 Å². The molecule has 1 aromatic carbocycles. The maximum atomic E-state index is 13.8. The van der Waals surface area contributed by atoms with Gasteiger partial charge in [0.2, 0.25) is 0 Å². The largest absolute Gasteiger partial charge is 0.345 e. The number of nitrogens with one attached hydrogen (secondary N) is 1. The Morgan fingerprint density at radius 3 is 2.77 bits per heavy atom. The second-order valence-electron chi connectivity index (χ2n) is 7.63. The molecule has 2 heterocycles.